The molecular weight excluding hydrogens is 308 g/mol. The lowest BCUT2D eigenvalue weighted by Crippen LogP contribution is -2.50. The summed E-state index contributed by atoms with van der Waals surface area (Å²) in [5.74, 6) is -0.266. The Balaban J connectivity index is 1.62. The van der Waals surface area contributed by atoms with Gasteiger partial charge in [-0.05, 0) is 25.1 Å². The number of carbonyl (C=O) groups is 2. The van der Waals surface area contributed by atoms with E-state index >= 15 is 0 Å². The van der Waals surface area contributed by atoms with Crippen LogP contribution >= 0.6 is 0 Å². The SMILES string of the molecule is Cc1ccc(C(=O)N2CCN(C(=O)c3ccc(=O)[nH]n3)CC2)cc1. The Hall–Kier alpha value is -2.96. The molecule has 1 aliphatic rings. The van der Waals surface area contributed by atoms with Gasteiger partial charge in [0.05, 0.1) is 0 Å². The van der Waals surface area contributed by atoms with Crippen LogP contribution in [0.4, 0.5) is 0 Å². The van der Waals surface area contributed by atoms with Gasteiger partial charge in [-0.15, -0.1) is 0 Å². The van der Waals surface area contributed by atoms with E-state index in [0.29, 0.717) is 31.7 Å². The Labute approximate surface area is 138 Å². The average Bonchev–Trinajstić information content (AvgIpc) is 2.62. The zero-order valence-corrected chi connectivity index (χ0v) is 13.4. The Morgan fingerprint density at radius 3 is 2.04 bits per heavy atom. The first-order chi connectivity index (χ1) is 11.5. The van der Waals surface area contributed by atoms with Crippen molar-refractivity contribution < 1.29 is 9.59 Å². The van der Waals surface area contributed by atoms with Crippen molar-refractivity contribution in [2.24, 2.45) is 0 Å². The van der Waals surface area contributed by atoms with Crippen LogP contribution in [0.5, 0.6) is 0 Å². The number of nitrogens with zero attached hydrogens (tertiary/aromatic N) is 3. The number of aryl methyl sites for hydroxylation is 1. The number of hydrogen-bond acceptors (Lipinski definition) is 4. The Kier molecular flexibility index (Phi) is 4.41. The molecule has 1 N–H and O–H groups in total. The van der Waals surface area contributed by atoms with E-state index in [0.717, 1.165) is 5.56 Å². The standard InChI is InChI=1S/C17H18N4O3/c1-12-2-4-13(5-3-12)16(23)20-8-10-21(11-9-20)17(24)14-6-7-15(22)19-18-14/h2-7H,8-11H2,1H3,(H,19,22). The normalized spacial score (nSPS) is 14.5. The largest absolute Gasteiger partial charge is 0.335 e. The lowest BCUT2D eigenvalue weighted by atomic mass is 10.1. The highest BCUT2D eigenvalue weighted by atomic mass is 16.2. The summed E-state index contributed by atoms with van der Waals surface area (Å²) < 4.78 is 0. The van der Waals surface area contributed by atoms with Gasteiger partial charge in [0.2, 0.25) is 0 Å². The van der Waals surface area contributed by atoms with Gasteiger partial charge >= 0.3 is 0 Å². The highest BCUT2D eigenvalue weighted by Gasteiger charge is 2.26. The summed E-state index contributed by atoms with van der Waals surface area (Å²) in [6.07, 6.45) is 0. The van der Waals surface area contributed by atoms with Gasteiger partial charge in [0.1, 0.15) is 5.69 Å². The summed E-state index contributed by atoms with van der Waals surface area (Å²) in [5.41, 5.74) is 1.62. The number of aromatic amines is 1. The summed E-state index contributed by atoms with van der Waals surface area (Å²) in [6, 6.07) is 10.1. The molecule has 0 spiro atoms. The first-order valence-corrected chi connectivity index (χ1v) is 7.75. The number of nitrogens with one attached hydrogen (secondary N) is 1. The topological polar surface area (TPSA) is 86.4 Å². The highest BCUT2D eigenvalue weighted by Crippen LogP contribution is 2.11. The first kappa shape index (κ1) is 15.9. The number of rotatable bonds is 2. The minimum absolute atomic E-state index is 0.0238. The molecule has 0 radical (unpaired) electrons. The van der Waals surface area contributed by atoms with E-state index in [1.165, 1.54) is 12.1 Å². The van der Waals surface area contributed by atoms with Crippen molar-refractivity contribution in [1.82, 2.24) is 20.0 Å². The molecule has 0 aliphatic carbocycles. The molecule has 124 valence electrons. The van der Waals surface area contributed by atoms with Gasteiger partial charge in [0.25, 0.3) is 17.4 Å². The molecule has 0 atom stereocenters. The Bertz CT molecular complexity index is 785. The molecule has 7 nitrogen and oxygen atoms in total. The minimum atomic E-state index is -0.347. The van der Waals surface area contributed by atoms with Crippen molar-refractivity contribution in [1.29, 1.82) is 0 Å². The van der Waals surface area contributed by atoms with Crippen LogP contribution in [0.25, 0.3) is 0 Å². The fraction of sp³-hybridized carbons (Fsp3) is 0.294. The third-order valence-electron chi connectivity index (χ3n) is 4.05. The van der Waals surface area contributed by atoms with Gasteiger partial charge in [-0.3, -0.25) is 14.4 Å². The van der Waals surface area contributed by atoms with Crippen LogP contribution in [0.2, 0.25) is 0 Å². The molecule has 0 bridgehead atoms. The summed E-state index contributed by atoms with van der Waals surface area (Å²) >= 11 is 0. The van der Waals surface area contributed by atoms with Gasteiger partial charge < -0.3 is 9.80 Å². The van der Waals surface area contributed by atoms with E-state index in [-0.39, 0.29) is 23.1 Å². The molecule has 0 saturated carbocycles. The number of aromatic nitrogens is 2. The molecule has 1 aromatic carbocycles. The lowest BCUT2D eigenvalue weighted by molar-refractivity contribution is 0.0531. The number of H-pyrrole nitrogens is 1. The summed E-state index contributed by atoms with van der Waals surface area (Å²) in [6.45, 7) is 3.81. The predicted molar refractivity (Wildman–Crippen MR) is 87.8 cm³/mol. The zero-order valence-electron chi connectivity index (χ0n) is 13.4. The fourth-order valence-corrected chi connectivity index (χ4v) is 2.62. The summed E-state index contributed by atoms with van der Waals surface area (Å²) in [5, 5.41) is 6.01. The average molecular weight is 326 g/mol. The third kappa shape index (κ3) is 3.34. The number of carbonyl (C=O) groups excluding carboxylic acids is 2. The van der Waals surface area contributed by atoms with Crippen molar-refractivity contribution in [3.63, 3.8) is 0 Å². The quantitative estimate of drug-likeness (QED) is 0.879. The molecule has 0 unspecified atom stereocenters. The molecule has 1 aliphatic heterocycles. The van der Waals surface area contributed by atoms with Crippen LogP contribution in [0.1, 0.15) is 26.4 Å². The van der Waals surface area contributed by atoms with Crippen LogP contribution in [-0.4, -0.2) is 58.0 Å². The van der Waals surface area contributed by atoms with Gasteiger partial charge in [0.15, 0.2) is 0 Å². The van der Waals surface area contributed by atoms with Gasteiger partial charge in [-0.2, -0.15) is 5.10 Å². The zero-order chi connectivity index (χ0) is 17.1. The summed E-state index contributed by atoms with van der Waals surface area (Å²) in [7, 11) is 0. The maximum Gasteiger partial charge on any atom is 0.274 e. The van der Waals surface area contributed by atoms with Crippen molar-refractivity contribution in [2.75, 3.05) is 26.2 Å². The van der Waals surface area contributed by atoms with Crippen LogP contribution < -0.4 is 5.56 Å². The maximum absolute atomic E-state index is 12.5. The van der Waals surface area contributed by atoms with Crippen molar-refractivity contribution in [2.45, 2.75) is 6.92 Å². The molecule has 2 heterocycles. The number of hydrogen-bond donors (Lipinski definition) is 1. The minimum Gasteiger partial charge on any atom is -0.335 e. The maximum atomic E-state index is 12.5. The van der Waals surface area contributed by atoms with Crippen LogP contribution in [-0.2, 0) is 0 Å². The van der Waals surface area contributed by atoms with Crippen molar-refractivity contribution in [3.8, 4) is 0 Å². The molecule has 2 aromatic rings. The number of benzene rings is 1. The van der Waals surface area contributed by atoms with E-state index in [1.807, 2.05) is 31.2 Å². The third-order valence-corrected chi connectivity index (χ3v) is 4.05. The van der Waals surface area contributed by atoms with Crippen molar-refractivity contribution >= 4 is 11.8 Å². The van der Waals surface area contributed by atoms with E-state index in [9.17, 15) is 14.4 Å². The van der Waals surface area contributed by atoms with Crippen LogP contribution in [0.15, 0.2) is 41.2 Å². The second kappa shape index (κ2) is 6.66. The lowest BCUT2D eigenvalue weighted by Gasteiger charge is -2.34. The second-order valence-electron chi connectivity index (χ2n) is 5.76. The van der Waals surface area contributed by atoms with E-state index < -0.39 is 0 Å². The highest BCUT2D eigenvalue weighted by molar-refractivity contribution is 5.95. The smallest absolute Gasteiger partial charge is 0.274 e. The molecule has 1 saturated heterocycles. The molecule has 24 heavy (non-hydrogen) atoms. The van der Waals surface area contributed by atoms with Gasteiger partial charge in [0, 0.05) is 37.8 Å². The summed E-state index contributed by atoms with van der Waals surface area (Å²) in [4.78, 5) is 39.2. The second-order valence-corrected chi connectivity index (χ2v) is 5.76. The number of piperazine rings is 1. The molecular formula is C17H18N4O3. The molecule has 3 rings (SSSR count). The van der Waals surface area contributed by atoms with Gasteiger partial charge in [-0.1, -0.05) is 17.7 Å². The van der Waals surface area contributed by atoms with Crippen molar-refractivity contribution in [3.05, 3.63) is 63.6 Å². The molecule has 7 heteroatoms. The predicted octanol–water partition coefficient (Wildman–Crippen LogP) is 0.677. The van der Waals surface area contributed by atoms with E-state index in [1.54, 1.807) is 9.80 Å². The van der Waals surface area contributed by atoms with E-state index in [4.69, 9.17) is 0 Å². The Morgan fingerprint density at radius 2 is 1.50 bits per heavy atom. The first-order valence-electron chi connectivity index (χ1n) is 7.75. The van der Waals surface area contributed by atoms with Gasteiger partial charge in [-0.25, -0.2) is 5.10 Å². The fourth-order valence-electron chi connectivity index (χ4n) is 2.62. The van der Waals surface area contributed by atoms with E-state index in [2.05, 4.69) is 10.2 Å². The molecule has 1 aromatic heterocycles. The van der Waals surface area contributed by atoms with Crippen LogP contribution in [0.3, 0.4) is 0 Å². The molecule has 1 fully saturated rings. The monoisotopic (exact) mass is 326 g/mol. The Morgan fingerprint density at radius 1 is 0.917 bits per heavy atom. The molecule has 2 amide bonds. The van der Waals surface area contributed by atoms with Crippen LogP contribution in [0, 0.1) is 6.92 Å². The number of amides is 2.